The summed E-state index contributed by atoms with van der Waals surface area (Å²) in [5.74, 6) is 0.372. The number of ether oxygens (including phenoxy) is 1. The van der Waals surface area contributed by atoms with E-state index in [1.54, 1.807) is 0 Å². The zero-order valence-corrected chi connectivity index (χ0v) is 10.4. The van der Waals surface area contributed by atoms with Crippen LogP contribution in [0.3, 0.4) is 0 Å². The Morgan fingerprint density at radius 2 is 2.50 bits per heavy atom. The van der Waals surface area contributed by atoms with Crippen LogP contribution in [0.4, 0.5) is 11.1 Å². The summed E-state index contributed by atoms with van der Waals surface area (Å²) < 4.78 is 9.78. The molecule has 2 heterocycles. The lowest BCUT2D eigenvalue weighted by molar-refractivity contribution is 0.0440. The van der Waals surface area contributed by atoms with E-state index >= 15 is 0 Å². The zero-order valence-electron chi connectivity index (χ0n) is 9.56. The number of anilines is 2. The normalized spacial score (nSPS) is 21.3. The van der Waals surface area contributed by atoms with Crippen molar-refractivity contribution in [3.63, 3.8) is 0 Å². The van der Waals surface area contributed by atoms with E-state index in [4.69, 9.17) is 10.5 Å². The maximum atomic E-state index is 5.77. The largest absolute Gasteiger partial charge is 0.376 e. The summed E-state index contributed by atoms with van der Waals surface area (Å²) in [5, 5.41) is 0.919. The molecular weight excluding hydrogens is 224 g/mol. The van der Waals surface area contributed by atoms with Crippen LogP contribution in [0.25, 0.3) is 0 Å². The Hall–Kier alpha value is -0.880. The standard InChI is InChI=1S/C10H18N4OS/c1-2-6-15-8-4-3-5-14(7-8)10-12-9(11)13-16-10/h8H,2-7H2,1H3,(H2,11,13). The Kier molecular flexibility index (Phi) is 3.95. The van der Waals surface area contributed by atoms with Crippen LogP contribution in [-0.2, 0) is 4.74 Å². The van der Waals surface area contributed by atoms with E-state index in [0.717, 1.165) is 44.1 Å². The van der Waals surface area contributed by atoms with Crippen LogP contribution in [-0.4, -0.2) is 35.2 Å². The van der Waals surface area contributed by atoms with Crippen LogP contribution < -0.4 is 10.6 Å². The topological polar surface area (TPSA) is 64.3 Å². The summed E-state index contributed by atoms with van der Waals surface area (Å²) in [6, 6.07) is 0. The highest BCUT2D eigenvalue weighted by Crippen LogP contribution is 2.23. The number of rotatable bonds is 4. The Balaban J connectivity index is 1.91. The van der Waals surface area contributed by atoms with Gasteiger partial charge in [0.1, 0.15) is 0 Å². The van der Waals surface area contributed by atoms with Crippen LogP contribution in [0.15, 0.2) is 0 Å². The van der Waals surface area contributed by atoms with E-state index in [9.17, 15) is 0 Å². The number of hydrogen-bond acceptors (Lipinski definition) is 6. The minimum Gasteiger partial charge on any atom is -0.376 e. The van der Waals surface area contributed by atoms with Gasteiger partial charge in [-0.15, -0.1) is 0 Å². The summed E-state index contributed by atoms with van der Waals surface area (Å²) in [5.41, 5.74) is 5.53. The molecule has 16 heavy (non-hydrogen) atoms. The van der Waals surface area contributed by atoms with E-state index in [1.165, 1.54) is 11.5 Å². The van der Waals surface area contributed by atoms with Crippen LogP contribution in [0.5, 0.6) is 0 Å². The van der Waals surface area contributed by atoms with E-state index in [0.29, 0.717) is 12.1 Å². The maximum Gasteiger partial charge on any atom is 0.233 e. The predicted octanol–water partition coefficient (Wildman–Crippen LogP) is 1.52. The number of nitrogens with zero attached hydrogens (tertiary/aromatic N) is 3. The Labute approximate surface area is 99.8 Å². The van der Waals surface area contributed by atoms with Gasteiger partial charge in [-0.2, -0.15) is 9.36 Å². The monoisotopic (exact) mass is 242 g/mol. The van der Waals surface area contributed by atoms with Crippen molar-refractivity contribution in [1.82, 2.24) is 9.36 Å². The molecule has 90 valence electrons. The molecule has 0 radical (unpaired) electrons. The summed E-state index contributed by atoms with van der Waals surface area (Å²) in [6.45, 7) is 4.91. The van der Waals surface area contributed by atoms with Crippen molar-refractivity contribution < 1.29 is 4.74 Å². The summed E-state index contributed by atoms with van der Waals surface area (Å²) in [7, 11) is 0. The lowest BCUT2D eigenvalue weighted by Gasteiger charge is -2.32. The molecule has 5 nitrogen and oxygen atoms in total. The number of hydrogen-bond donors (Lipinski definition) is 1. The molecule has 0 bridgehead atoms. The fraction of sp³-hybridized carbons (Fsp3) is 0.800. The molecule has 1 aliphatic rings. The molecule has 1 fully saturated rings. The number of nitrogen functional groups attached to an aromatic ring is 1. The number of piperidine rings is 1. The first kappa shape index (κ1) is 11.6. The molecule has 6 heteroatoms. The van der Waals surface area contributed by atoms with E-state index in [2.05, 4.69) is 21.2 Å². The molecule has 0 aromatic carbocycles. The van der Waals surface area contributed by atoms with Crippen molar-refractivity contribution in [1.29, 1.82) is 0 Å². The number of aromatic nitrogens is 2. The molecule has 1 aromatic rings. The molecule has 1 aliphatic heterocycles. The van der Waals surface area contributed by atoms with Crippen LogP contribution in [0.2, 0.25) is 0 Å². The van der Waals surface area contributed by atoms with Crippen molar-refractivity contribution in [2.75, 3.05) is 30.3 Å². The first-order chi connectivity index (χ1) is 7.79. The Morgan fingerprint density at radius 3 is 3.19 bits per heavy atom. The van der Waals surface area contributed by atoms with Gasteiger partial charge in [0, 0.05) is 31.2 Å². The molecule has 2 rings (SSSR count). The second kappa shape index (κ2) is 5.45. The molecule has 0 spiro atoms. The van der Waals surface area contributed by atoms with Gasteiger partial charge in [0.05, 0.1) is 6.10 Å². The van der Waals surface area contributed by atoms with Gasteiger partial charge >= 0.3 is 0 Å². The first-order valence-electron chi connectivity index (χ1n) is 5.75. The van der Waals surface area contributed by atoms with Gasteiger partial charge in [-0.05, 0) is 19.3 Å². The Bertz CT molecular complexity index is 330. The highest BCUT2D eigenvalue weighted by Gasteiger charge is 2.22. The first-order valence-corrected chi connectivity index (χ1v) is 6.52. The minimum atomic E-state index is 0.332. The maximum absolute atomic E-state index is 5.77. The summed E-state index contributed by atoms with van der Waals surface area (Å²) >= 11 is 1.37. The number of nitrogens with two attached hydrogens (primary N) is 1. The molecule has 0 saturated carbocycles. The van der Waals surface area contributed by atoms with Crippen molar-refractivity contribution >= 4 is 22.6 Å². The third-order valence-electron chi connectivity index (χ3n) is 2.64. The lowest BCUT2D eigenvalue weighted by atomic mass is 10.1. The SMILES string of the molecule is CCCOC1CCCN(c2nc(N)ns2)C1. The second-order valence-corrected chi connectivity index (χ2v) is 4.75. The lowest BCUT2D eigenvalue weighted by Crippen LogP contribution is -2.39. The van der Waals surface area contributed by atoms with Gasteiger partial charge in [0.15, 0.2) is 0 Å². The van der Waals surface area contributed by atoms with Crippen molar-refractivity contribution in [2.45, 2.75) is 32.3 Å². The zero-order chi connectivity index (χ0) is 11.4. The molecular formula is C10H18N4OS. The van der Waals surface area contributed by atoms with Gasteiger partial charge in [0.2, 0.25) is 11.1 Å². The highest BCUT2D eigenvalue weighted by atomic mass is 32.1. The van der Waals surface area contributed by atoms with Gasteiger partial charge in [0.25, 0.3) is 0 Å². The smallest absolute Gasteiger partial charge is 0.233 e. The van der Waals surface area contributed by atoms with Crippen LogP contribution in [0.1, 0.15) is 26.2 Å². The molecule has 1 aromatic heterocycles. The van der Waals surface area contributed by atoms with Crippen LogP contribution >= 0.6 is 11.5 Å². The fourth-order valence-electron chi connectivity index (χ4n) is 1.89. The molecule has 0 aliphatic carbocycles. The Morgan fingerprint density at radius 1 is 1.62 bits per heavy atom. The highest BCUT2D eigenvalue weighted by molar-refractivity contribution is 7.09. The van der Waals surface area contributed by atoms with Gasteiger partial charge in [-0.1, -0.05) is 6.92 Å². The second-order valence-electron chi connectivity index (χ2n) is 4.02. The van der Waals surface area contributed by atoms with E-state index in [1.807, 2.05) is 0 Å². The molecule has 1 unspecified atom stereocenters. The molecule has 2 N–H and O–H groups in total. The summed E-state index contributed by atoms with van der Waals surface area (Å²) in [6.07, 6.45) is 3.69. The average Bonchev–Trinajstić information content (AvgIpc) is 2.74. The van der Waals surface area contributed by atoms with Crippen LogP contribution in [0, 0.1) is 0 Å². The van der Waals surface area contributed by atoms with Crippen molar-refractivity contribution in [3.05, 3.63) is 0 Å². The quantitative estimate of drug-likeness (QED) is 0.867. The average molecular weight is 242 g/mol. The molecule has 1 atom stereocenters. The van der Waals surface area contributed by atoms with E-state index < -0.39 is 0 Å². The minimum absolute atomic E-state index is 0.332. The molecule has 0 amide bonds. The third kappa shape index (κ3) is 2.82. The summed E-state index contributed by atoms with van der Waals surface area (Å²) in [4.78, 5) is 6.42. The fourth-order valence-corrected chi connectivity index (χ4v) is 2.52. The van der Waals surface area contributed by atoms with Gasteiger partial charge in [-0.25, -0.2) is 0 Å². The van der Waals surface area contributed by atoms with Crippen molar-refractivity contribution in [3.8, 4) is 0 Å². The van der Waals surface area contributed by atoms with E-state index in [-0.39, 0.29) is 0 Å². The van der Waals surface area contributed by atoms with Crippen molar-refractivity contribution in [2.24, 2.45) is 0 Å². The predicted molar refractivity (Wildman–Crippen MR) is 65.8 cm³/mol. The van der Waals surface area contributed by atoms with Gasteiger partial charge < -0.3 is 15.4 Å². The molecule has 1 saturated heterocycles. The third-order valence-corrected chi connectivity index (χ3v) is 3.43. The van der Waals surface area contributed by atoms with Gasteiger partial charge in [-0.3, -0.25) is 0 Å².